The molecule has 2 heterocycles. The van der Waals surface area contributed by atoms with Crippen LogP contribution in [-0.4, -0.2) is 72.6 Å². The number of hydrogen-bond donors (Lipinski definition) is 1. The van der Waals surface area contributed by atoms with Gasteiger partial charge in [0, 0.05) is 63.3 Å². The highest BCUT2D eigenvalue weighted by atomic mass is 16.5. The Balaban J connectivity index is 1.42. The van der Waals surface area contributed by atoms with Crippen LogP contribution in [-0.2, 0) is 14.3 Å². The lowest BCUT2D eigenvalue weighted by molar-refractivity contribution is -0.137. The Bertz CT molecular complexity index is 501. The number of ether oxygens (including phenoxy) is 1. The number of amides is 2. The molecule has 2 saturated heterocycles. The van der Waals surface area contributed by atoms with E-state index in [1.165, 1.54) is 6.42 Å². The van der Waals surface area contributed by atoms with Gasteiger partial charge in [-0.05, 0) is 39.5 Å². The predicted molar refractivity (Wildman–Crippen MR) is 105 cm³/mol. The fourth-order valence-corrected chi connectivity index (χ4v) is 4.89. The maximum Gasteiger partial charge on any atom is 0.224 e. The molecule has 1 saturated carbocycles. The predicted octanol–water partition coefficient (Wildman–Crippen LogP) is 2.17. The molecule has 3 aliphatic rings. The van der Waals surface area contributed by atoms with E-state index in [4.69, 9.17) is 4.74 Å². The Hall–Kier alpha value is -1.14. The van der Waals surface area contributed by atoms with E-state index in [2.05, 4.69) is 17.1 Å². The van der Waals surface area contributed by atoms with Crippen molar-refractivity contribution in [1.82, 2.24) is 15.1 Å². The summed E-state index contributed by atoms with van der Waals surface area (Å²) in [6, 6.07) is 0.746. The van der Waals surface area contributed by atoms with E-state index in [0.29, 0.717) is 12.5 Å². The number of rotatable bonds is 5. The van der Waals surface area contributed by atoms with Gasteiger partial charge in [-0.15, -0.1) is 0 Å². The van der Waals surface area contributed by atoms with Crippen molar-refractivity contribution in [3.05, 3.63) is 0 Å². The summed E-state index contributed by atoms with van der Waals surface area (Å²) in [5.74, 6) is 0.469. The molecule has 0 aromatic rings. The van der Waals surface area contributed by atoms with Crippen LogP contribution in [0.2, 0.25) is 0 Å². The first-order valence-electron chi connectivity index (χ1n) is 11.0. The molecule has 0 spiro atoms. The van der Waals surface area contributed by atoms with Gasteiger partial charge in [-0.2, -0.15) is 0 Å². The van der Waals surface area contributed by atoms with Crippen LogP contribution in [0.5, 0.6) is 0 Å². The fourth-order valence-electron chi connectivity index (χ4n) is 4.89. The third-order valence-corrected chi connectivity index (χ3v) is 6.53. The monoisotopic (exact) mass is 379 g/mol. The average Bonchev–Trinajstić information content (AvgIpc) is 2.69. The molecular weight excluding hydrogens is 342 g/mol. The number of nitrogens with zero attached hydrogens (tertiary/aromatic N) is 2. The first-order chi connectivity index (χ1) is 13.0. The largest absolute Gasteiger partial charge is 0.381 e. The summed E-state index contributed by atoms with van der Waals surface area (Å²) in [7, 11) is 0. The van der Waals surface area contributed by atoms with Crippen molar-refractivity contribution in [1.29, 1.82) is 0 Å². The smallest absolute Gasteiger partial charge is 0.224 e. The number of carbonyl (C=O) groups excluding carboxylic acids is 2. The van der Waals surface area contributed by atoms with Gasteiger partial charge in [0.25, 0.3) is 0 Å². The third-order valence-electron chi connectivity index (χ3n) is 6.53. The fraction of sp³-hybridized carbons (Fsp3) is 0.905. The highest BCUT2D eigenvalue weighted by Crippen LogP contribution is 2.24. The minimum absolute atomic E-state index is 0.0901. The Morgan fingerprint density at radius 2 is 1.78 bits per heavy atom. The van der Waals surface area contributed by atoms with Crippen LogP contribution in [0.1, 0.15) is 65.2 Å². The van der Waals surface area contributed by atoms with Crippen LogP contribution >= 0.6 is 0 Å². The molecule has 2 aliphatic heterocycles. The van der Waals surface area contributed by atoms with Crippen LogP contribution in [0.25, 0.3) is 0 Å². The summed E-state index contributed by atoms with van der Waals surface area (Å²) < 4.78 is 5.47. The number of hydrogen-bond acceptors (Lipinski definition) is 4. The zero-order chi connectivity index (χ0) is 19.2. The van der Waals surface area contributed by atoms with Gasteiger partial charge in [0.15, 0.2) is 0 Å². The average molecular weight is 380 g/mol. The van der Waals surface area contributed by atoms with Crippen molar-refractivity contribution in [2.24, 2.45) is 5.92 Å². The molecule has 27 heavy (non-hydrogen) atoms. The second-order valence-electron chi connectivity index (χ2n) is 8.72. The van der Waals surface area contributed by atoms with E-state index in [9.17, 15) is 9.59 Å². The molecule has 3 fully saturated rings. The van der Waals surface area contributed by atoms with Gasteiger partial charge >= 0.3 is 0 Å². The molecule has 3 rings (SSSR count). The van der Waals surface area contributed by atoms with Crippen molar-refractivity contribution >= 4 is 11.8 Å². The van der Waals surface area contributed by atoms with E-state index in [1.807, 2.05) is 11.8 Å². The molecule has 2 atom stereocenters. The van der Waals surface area contributed by atoms with E-state index in [1.54, 1.807) is 0 Å². The van der Waals surface area contributed by atoms with Gasteiger partial charge in [-0.3, -0.25) is 14.5 Å². The lowest BCUT2D eigenvalue weighted by Crippen LogP contribution is -2.57. The van der Waals surface area contributed by atoms with Gasteiger partial charge < -0.3 is 15.0 Å². The van der Waals surface area contributed by atoms with E-state index < -0.39 is 0 Å². The van der Waals surface area contributed by atoms with Crippen molar-refractivity contribution < 1.29 is 14.3 Å². The van der Waals surface area contributed by atoms with Crippen molar-refractivity contribution in [3.63, 3.8) is 0 Å². The molecule has 0 bridgehead atoms. The molecule has 0 aromatic carbocycles. The lowest BCUT2D eigenvalue weighted by atomic mass is 9.88. The number of nitrogens with one attached hydrogen (secondary N) is 1. The molecule has 6 nitrogen and oxygen atoms in total. The standard InChI is InChI=1S/C21H37N3O3/c1-16(22-21(26)18-6-4-3-5-7-18)14-20(25)24-11-10-23(15-17(24)2)19-8-12-27-13-9-19/h16-19H,3-15H2,1-2H3,(H,22,26)/t16?,17-/m1/s1. The molecule has 2 amide bonds. The summed E-state index contributed by atoms with van der Waals surface area (Å²) in [4.78, 5) is 29.7. The third kappa shape index (κ3) is 5.67. The van der Waals surface area contributed by atoms with Gasteiger partial charge in [-0.25, -0.2) is 0 Å². The first kappa shape index (κ1) is 20.6. The molecule has 0 radical (unpaired) electrons. The number of piperazine rings is 1. The molecule has 1 aliphatic carbocycles. The summed E-state index contributed by atoms with van der Waals surface area (Å²) in [5.41, 5.74) is 0. The highest BCUT2D eigenvalue weighted by molar-refractivity contribution is 5.81. The van der Waals surface area contributed by atoms with Crippen molar-refractivity contribution in [3.8, 4) is 0 Å². The van der Waals surface area contributed by atoms with E-state index >= 15 is 0 Å². The van der Waals surface area contributed by atoms with Crippen LogP contribution in [0.4, 0.5) is 0 Å². The molecule has 1 N–H and O–H groups in total. The lowest BCUT2D eigenvalue weighted by Gasteiger charge is -2.44. The Labute approximate surface area is 164 Å². The maximum atomic E-state index is 12.8. The minimum atomic E-state index is -0.0901. The van der Waals surface area contributed by atoms with Crippen LogP contribution in [0.3, 0.4) is 0 Å². The Kier molecular flexibility index (Phi) is 7.53. The van der Waals surface area contributed by atoms with Gasteiger partial charge in [-0.1, -0.05) is 19.3 Å². The van der Waals surface area contributed by atoms with E-state index in [0.717, 1.165) is 71.4 Å². The normalized spacial score (nSPS) is 27.3. The van der Waals surface area contributed by atoms with Crippen molar-refractivity contribution in [2.45, 2.75) is 83.3 Å². The van der Waals surface area contributed by atoms with Gasteiger partial charge in [0.2, 0.25) is 11.8 Å². The summed E-state index contributed by atoms with van der Waals surface area (Å²) >= 11 is 0. The molecule has 154 valence electrons. The van der Waals surface area contributed by atoms with E-state index in [-0.39, 0.29) is 29.8 Å². The van der Waals surface area contributed by atoms with Gasteiger partial charge in [0.1, 0.15) is 0 Å². The highest BCUT2D eigenvalue weighted by Gasteiger charge is 2.32. The SMILES string of the molecule is CC(CC(=O)N1CCN(C2CCOCC2)C[C@H]1C)NC(=O)C1CCCCC1. The van der Waals surface area contributed by atoms with Gasteiger partial charge in [0.05, 0.1) is 0 Å². The summed E-state index contributed by atoms with van der Waals surface area (Å²) in [6.45, 7) is 8.51. The second kappa shape index (κ2) is 9.87. The molecule has 0 aromatic heterocycles. The minimum Gasteiger partial charge on any atom is -0.381 e. The Morgan fingerprint density at radius 3 is 2.44 bits per heavy atom. The molecule has 1 unspecified atom stereocenters. The van der Waals surface area contributed by atoms with Crippen LogP contribution in [0, 0.1) is 5.92 Å². The first-order valence-corrected chi connectivity index (χ1v) is 11.0. The molecule has 6 heteroatoms. The topological polar surface area (TPSA) is 61.9 Å². The van der Waals surface area contributed by atoms with Crippen LogP contribution < -0.4 is 5.32 Å². The Morgan fingerprint density at radius 1 is 1.07 bits per heavy atom. The van der Waals surface area contributed by atoms with Crippen LogP contribution in [0.15, 0.2) is 0 Å². The van der Waals surface area contributed by atoms with Crippen molar-refractivity contribution in [2.75, 3.05) is 32.8 Å². The maximum absolute atomic E-state index is 12.8. The summed E-state index contributed by atoms with van der Waals surface area (Å²) in [6.07, 6.45) is 8.15. The zero-order valence-corrected chi connectivity index (χ0v) is 17.1. The zero-order valence-electron chi connectivity index (χ0n) is 17.1. The summed E-state index contributed by atoms with van der Waals surface area (Å²) in [5, 5.41) is 3.08. The second-order valence-corrected chi connectivity index (χ2v) is 8.72. The number of carbonyl (C=O) groups is 2. The quantitative estimate of drug-likeness (QED) is 0.795. The molecular formula is C21H37N3O3.